The van der Waals surface area contributed by atoms with Gasteiger partial charge in [-0.2, -0.15) is 25.3 Å². The Morgan fingerprint density at radius 2 is 0.691 bits per heavy atom. The number of carboxylic acids is 2. The van der Waals surface area contributed by atoms with Crippen LogP contribution < -0.4 is 120 Å². The second kappa shape index (κ2) is 53.9. The summed E-state index contributed by atoms with van der Waals surface area (Å²) in [5, 5.41) is 79.6. The van der Waals surface area contributed by atoms with Crippen molar-refractivity contribution in [3.63, 3.8) is 0 Å². The van der Waals surface area contributed by atoms with Gasteiger partial charge in [-0.3, -0.25) is 86.9 Å². The highest BCUT2D eigenvalue weighted by molar-refractivity contribution is 7.80. The minimum atomic E-state index is -1.98. The van der Waals surface area contributed by atoms with E-state index in [1.165, 1.54) is 13.8 Å². The van der Waals surface area contributed by atoms with Crippen molar-refractivity contribution >= 4 is 138 Å². The van der Waals surface area contributed by atoms with Crippen LogP contribution in [0.1, 0.15) is 130 Å². The molecular weight excluding hydrogens is 1490 g/mol. The Morgan fingerprint density at radius 1 is 0.364 bits per heavy atom. The van der Waals surface area contributed by atoms with Gasteiger partial charge in [-0.1, -0.05) is 27.7 Å². The first kappa shape index (κ1) is 100. The van der Waals surface area contributed by atoms with Crippen molar-refractivity contribution in [3.8, 4) is 0 Å². The van der Waals surface area contributed by atoms with Gasteiger partial charge >= 0.3 is 11.9 Å². The van der Waals surface area contributed by atoms with Crippen LogP contribution in [0.25, 0.3) is 0 Å². The van der Waals surface area contributed by atoms with Crippen LogP contribution in [0.2, 0.25) is 0 Å². The molecule has 45 nitrogen and oxygen atoms in total. The van der Waals surface area contributed by atoms with Crippen LogP contribution in [-0.2, 0) is 86.3 Å². The normalized spacial score (nSPS) is 14.9. The van der Waals surface area contributed by atoms with E-state index in [9.17, 15) is 102 Å². The SMILES string of the molecule is CC(C)C[C@H](NC(=O)[C@H](CCCCN)NC(=O)[C@H](CCCCN)NC(=O)[C@H](CCC(N)=O)NC(=O)[C@@H](N)CC(=O)O)C(=O)N[C@@H](CS)C(=O)N[C@@H](CO)C(=O)N[C@@H](CC(N)=O)C(=O)N[C@@H](CCN)C(=O)N[C@@H](CS)C(=O)N[C@@H](CCC(N)=O)C(=O)N[C@@H](CO)C(=O)N[C@H](C(=O)N[C@@H](CCCNC(=N)N)C(=O)O)C(C)C. The fourth-order valence-electron chi connectivity index (χ4n) is 10.1. The summed E-state index contributed by atoms with van der Waals surface area (Å²) < 4.78 is 0. The number of primary amides is 3. The topological polar surface area (TPSA) is 789 Å². The van der Waals surface area contributed by atoms with Gasteiger partial charge in [0.15, 0.2) is 5.96 Å². The van der Waals surface area contributed by atoms with E-state index < -0.39 is 267 Å². The molecule has 0 aliphatic heterocycles. The number of nitrogens with one attached hydrogen (secondary N) is 15. The highest BCUT2D eigenvalue weighted by atomic mass is 32.1. The van der Waals surface area contributed by atoms with E-state index >= 15 is 0 Å². The number of aliphatic hydroxyl groups excluding tert-OH is 2. The van der Waals surface area contributed by atoms with Crippen LogP contribution in [0.4, 0.5) is 0 Å². The lowest BCUT2D eigenvalue weighted by molar-refractivity contribution is -0.143. The monoisotopic (exact) mass is 1610 g/mol. The van der Waals surface area contributed by atoms with Crippen LogP contribution >= 0.6 is 25.3 Å². The van der Waals surface area contributed by atoms with Crippen LogP contribution in [0.5, 0.6) is 0 Å². The minimum absolute atomic E-state index is 0.0829. The highest BCUT2D eigenvalue weighted by Gasteiger charge is 2.39. The van der Waals surface area contributed by atoms with Crippen molar-refractivity contribution < 1.29 is 107 Å². The van der Waals surface area contributed by atoms with E-state index in [1.807, 2.05) is 0 Å². The summed E-state index contributed by atoms with van der Waals surface area (Å²) in [4.78, 5) is 238. The fraction of sp³-hybridized carbons (Fsp3) is 0.698. The lowest BCUT2D eigenvalue weighted by atomic mass is 10.0. The van der Waals surface area contributed by atoms with E-state index in [2.05, 4.69) is 99.7 Å². The van der Waals surface area contributed by atoms with E-state index in [0.29, 0.717) is 12.8 Å². The van der Waals surface area contributed by atoms with Crippen LogP contribution in [0.3, 0.4) is 0 Å². The number of carboxylic acid groups (broad SMARTS) is 2. The molecule has 0 radical (unpaired) electrons. The van der Waals surface area contributed by atoms with Gasteiger partial charge in [-0.15, -0.1) is 0 Å². The molecule has 0 unspecified atom stereocenters. The number of rotatable bonds is 58. The van der Waals surface area contributed by atoms with E-state index in [-0.39, 0.29) is 83.0 Å². The number of aliphatic hydroxyl groups is 2. The van der Waals surface area contributed by atoms with Gasteiger partial charge in [0.1, 0.15) is 78.5 Å². The fourth-order valence-corrected chi connectivity index (χ4v) is 10.6. The molecule has 47 heteroatoms. The summed E-state index contributed by atoms with van der Waals surface area (Å²) in [6, 6.07) is -23.0. The Labute approximate surface area is 645 Å². The van der Waals surface area contributed by atoms with Crippen LogP contribution in [0, 0.1) is 17.2 Å². The van der Waals surface area contributed by atoms with Crippen molar-refractivity contribution in [2.24, 2.45) is 57.7 Å². The van der Waals surface area contributed by atoms with Crippen molar-refractivity contribution in [1.82, 2.24) is 74.4 Å². The van der Waals surface area contributed by atoms with Crippen LogP contribution in [0.15, 0.2) is 0 Å². The third kappa shape index (κ3) is 40.0. The number of aliphatic carboxylic acids is 2. The summed E-state index contributed by atoms with van der Waals surface area (Å²) in [6.45, 7) is 4.10. The molecule has 0 heterocycles. The summed E-state index contributed by atoms with van der Waals surface area (Å²) >= 11 is 8.32. The maximum Gasteiger partial charge on any atom is 0.326 e. The maximum absolute atomic E-state index is 14.3. The quantitative estimate of drug-likeness (QED) is 0.0116. The molecule has 0 aromatic rings. The Bertz CT molecular complexity index is 3140. The molecule has 0 fully saturated rings. The van der Waals surface area contributed by atoms with Crippen molar-refractivity contribution in [1.29, 1.82) is 5.41 Å². The molecule has 0 bridgehead atoms. The number of guanidine groups is 1. The zero-order valence-corrected chi connectivity index (χ0v) is 63.6. The molecule has 0 saturated carbocycles. The summed E-state index contributed by atoms with van der Waals surface area (Å²) in [6.07, 6.45) is -3.24. The lowest BCUT2D eigenvalue weighted by Gasteiger charge is -2.28. The molecule has 0 aliphatic carbocycles. The average Bonchev–Trinajstić information content (AvgIpc) is 0.860. The smallest absolute Gasteiger partial charge is 0.326 e. The number of hydrogen-bond acceptors (Lipinski definition) is 27. The van der Waals surface area contributed by atoms with Gasteiger partial charge in [-0.05, 0) is 109 Å². The Balaban J connectivity index is 6.66. The van der Waals surface area contributed by atoms with Gasteiger partial charge in [0.25, 0.3) is 0 Å². The van der Waals surface area contributed by atoms with Gasteiger partial charge < -0.3 is 141 Å². The molecule has 0 spiro atoms. The standard InChI is InChI=1S/C63H113N23O22S2/c1-29(2)22-38(80-51(96)33(11-6-8-19-65)75-50(95)32(10-5-7-18-64)76-52(97)34(13-15-44(68)89)74-49(94)31(67)23-47(92)93)55(100)85-43(28-110)60(105)83-40(25-87)57(102)81-39(24-46(70)91)56(101)78-36(17-20-66)54(99)84-42(27-109)59(104)77-35(14-16-45(69)90)53(98)82-41(26-88)58(103)86-48(30(3)4)61(106)79-37(62(107)108)12-9-21-73-63(71)72/h29-43,48,87-88,109-110H,5-28,64-67H2,1-4H3,(H2,68,89)(H2,69,90)(H2,70,91)(H,74,94)(H,75,95)(H,76,97)(H,77,104)(H,78,101)(H,79,106)(H,80,96)(H,81,102)(H,82,98)(H,83,105)(H,84,99)(H,85,100)(H,86,103)(H,92,93)(H,107,108)(H4,71,72,73)/t31-,32-,33-,34-,35-,36-,37-,38-,39-,40-,41-,42-,43-,48-/m0/s1. The molecule has 624 valence electrons. The second-order valence-corrected chi connectivity index (χ2v) is 26.9. The zero-order valence-electron chi connectivity index (χ0n) is 61.9. The number of carbonyl (C=O) groups is 18. The maximum atomic E-state index is 14.3. The molecule has 0 aliphatic rings. The number of unbranched alkanes of at least 4 members (excludes halogenated alkanes) is 2. The number of carbonyl (C=O) groups excluding carboxylic acids is 16. The average molecular weight is 1610 g/mol. The number of nitrogens with two attached hydrogens (primary N) is 8. The zero-order chi connectivity index (χ0) is 84.1. The minimum Gasteiger partial charge on any atom is -0.481 e. The Hall–Kier alpha value is -9.81. The second-order valence-electron chi connectivity index (χ2n) is 26.2. The lowest BCUT2D eigenvalue weighted by Crippen LogP contribution is -2.62. The van der Waals surface area contributed by atoms with E-state index in [1.54, 1.807) is 13.8 Å². The Morgan fingerprint density at radius 3 is 1.05 bits per heavy atom. The summed E-state index contributed by atoms with van der Waals surface area (Å²) in [5.74, 6) is -22.8. The van der Waals surface area contributed by atoms with Crippen molar-refractivity contribution in [3.05, 3.63) is 0 Å². The number of thiol groups is 2. The first-order valence-electron chi connectivity index (χ1n) is 35.3. The molecule has 0 aromatic carbocycles. The third-order valence-corrected chi connectivity index (χ3v) is 16.8. The molecule has 0 rings (SSSR count). The highest BCUT2D eigenvalue weighted by Crippen LogP contribution is 2.13. The van der Waals surface area contributed by atoms with Gasteiger partial charge in [0.05, 0.1) is 32.1 Å². The molecule has 110 heavy (non-hydrogen) atoms. The Kier molecular flexibility index (Phi) is 49.1. The van der Waals surface area contributed by atoms with E-state index in [0.717, 1.165) is 0 Å². The summed E-state index contributed by atoms with van der Waals surface area (Å²) in [5.41, 5.74) is 44.2. The predicted octanol–water partition coefficient (Wildman–Crippen LogP) is -12.0. The van der Waals surface area contributed by atoms with Gasteiger partial charge in [0.2, 0.25) is 94.5 Å². The van der Waals surface area contributed by atoms with Gasteiger partial charge in [0, 0.05) is 30.9 Å². The first-order chi connectivity index (χ1) is 51.6. The van der Waals surface area contributed by atoms with Gasteiger partial charge in [-0.25, -0.2) is 4.79 Å². The molecular formula is C63H113N23O22S2. The van der Waals surface area contributed by atoms with Crippen molar-refractivity contribution in [2.45, 2.75) is 215 Å². The first-order valence-corrected chi connectivity index (χ1v) is 36.5. The number of amides is 16. The molecule has 14 atom stereocenters. The van der Waals surface area contributed by atoms with Crippen LogP contribution in [-0.4, -0.2) is 268 Å². The molecule has 35 N–H and O–H groups in total. The predicted molar refractivity (Wildman–Crippen MR) is 398 cm³/mol. The molecule has 0 saturated heterocycles. The largest absolute Gasteiger partial charge is 0.481 e. The van der Waals surface area contributed by atoms with Crippen molar-refractivity contribution in [2.75, 3.05) is 50.9 Å². The summed E-state index contributed by atoms with van der Waals surface area (Å²) in [7, 11) is 0. The molecule has 16 amide bonds. The van der Waals surface area contributed by atoms with E-state index in [4.69, 9.17) is 56.4 Å². The number of hydrogen-bond donors (Lipinski definition) is 29. The molecule has 0 aromatic heterocycles. The third-order valence-electron chi connectivity index (χ3n) is 16.1.